The van der Waals surface area contributed by atoms with Crippen LogP contribution >= 0.6 is 0 Å². The molecule has 0 saturated carbocycles. The van der Waals surface area contributed by atoms with E-state index >= 15 is 0 Å². The zero-order valence-electron chi connectivity index (χ0n) is 12.0. The van der Waals surface area contributed by atoms with Gasteiger partial charge in [-0.15, -0.1) is 0 Å². The molecule has 1 aromatic heterocycles. The molecule has 1 aliphatic rings. The molecule has 2 N–H and O–H groups in total. The van der Waals surface area contributed by atoms with E-state index in [2.05, 4.69) is 9.89 Å². The van der Waals surface area contributed by atoms with Crippen LogP contribution in [0.1, 0.15) is 35.5 Å². The average molecular weight is 308 g/mol. The fourth-order valence-corrected chi connectivity index (χ4v) is 2.89. The summed E-state index contributed by atoms with van der Waals surface area (Å²) < 4.78 is 34.4. The first-order chi connectivity index (χ1) is 10.3. The van der Waals surface area contributed by atoms with Crippen LogP contribution in [0.25, 0.3) is 11.3 Å². The van der Waals surface area contributed by atoms with E-state index in [4.69, 9.17) is 10.3 Å². The first-order valence-electron chi connectivity index (χ1n) is 6.67. The third-order valence-corrected chi connectivity index (χ3v) is 3.83. The summed E-state index contributed by atoms with van der Waals surface area (Å²) in [6, 6.07) is 4.68. The number of rotatable bonds is 3. The van der Waals surface area contributed by atoms with E-state index in [-0.39, 0.29) is 16.9 Å². The lowest BCUT2D eigenvalue weighted by Crippen LogP contribution is -2.27. The third-order valence-electron chi connectivity index (χ3n) is 3.83. The fourth-order valence-electron chi connectivity index (χ4n) is 2.89. The molecule has 1 aliphatic carbocycles. The van der Waals surface area contributed by atoms with Crippen LogP contribution in [0.5, 0.6) is 5.75 Å². The molecule has 0 fully saturated rings. The van der Waals surface area contributed by atoms with Gasteiger partial charge in [0, 0.05) is 11.1 Å². The van der Waals surface area contributed by atoms with Gasteiger partial charge in [0.05, 0.1) is 0 Å². The van der Waals surface area contributed by atoms with Gasteiger partial charge in [0.25, 0.3) is 5.91 Å². The molecule has 1 aromatic carbocycles. The number of benzene rings is 1. The third kappa shape index (κ3) is 2.22. The number of alkyl halides is 2. The van der Waals surface area contributed by atoms with Crippen molar-refractivity contribution in [3.8, 4) is 17.1 Å². The number of carbonyl (C=O) groups is 1. The molecule has 0 radical (unpaired) electrons. The number of hydrogen-bond donors (Lipinski definition) is 1. The molecule has 116 valence electrons. The summed E-state index contributed by atoms with van der Waals surface area (Å²) in [5.41, 5.74) is 7.16. The van der Waals surface area contributed by atoms with Crippen molar-refractivity contribution >= 4 is 5.91 Å². The lowest BCUT2D eigenvalue weighted by Gasteiger charge is -2.31. The Hall–Kier alpha value is -2.44. The highest BCUT2D eigenvalue weighted by Crippen LogP contribution is 2.45. The fraction of sp³-hybridized carbons (Fsp3) is 0.333. The smallest absolute Gasteiger partial charge is 0.387 e. The first-order valence-corrected chi connectivity index (χ1v) is 6.67. The van der Waals surface area contributed by atoms with Crippen molar-refractivity contribution in [2.24, 2.45) is 5.73 Å². The molecule has 7 heteroatoms. The molecule has 0 atom stereocenters. The molecule has 0 bridgehead atoms. The van der Waals surface area contributed by atoms with Gasteiger partial charge in [0.15, 0.2) is 11.5 Å². The van der Waals surface area contributed by atoms with Gasteiger partial charge < -0.3 is 15.0 Å². The van der Waals surface area contributed by atoms with Gasteiger partial charge in [-0.25, -0.2) is 0 Å². The Labute approximate surface area is 125 Å². The van der Waals surface area contributed by atoms with E-state index in [0.717, 1.165) is 5.56 Å². The Balaban J connectivity index is 2.19. The highest BCUT2D eigenvalue weighted by molar-refractivity contribution is 5.94. The summed E-state index contributed by atoms with van der Waals surface area (Å²) in [5.74, 6) is -0.276. The minimum Gasteiger partial charge on any atom is -0.435 e. The van der Waals surface area contributed by atoms with Crippen LogP contribution in [0.3, 0.4) is 0 Å². The van der Waals surface area contributed by atoms with Crippen LogP contribution in [0.15, 0.2) is 22.7 Å². The number of ether oxygens (including phenoxy) is 1. The minimum absolute atomic E-state index is 0.0226. The normalized spacial score (nSPS) is 15.3. The Bertz CT molecular complexity index is 753. The van der Waals surface area contributed by atoms with Gasteiger partial charge in [0.2, 0.25) is 0 Å². The van der Waals surface area contributed by atoms with Crippen molar-refractivity contribution in [3.05, 3.63) is 35.0 Å². The van der Waals surface area contributed by atoms with Gasteiger partial charge in [-0.1, -0.05) is 25.1 Å². The van der Waals surface area contributed by atoms with Crippen molar-refractivity contribution in [2.75, 3.05) is 0 Å². The lowest BCUT2D eigenvalue weighted by atomic mass is 9.72. The second-order valence-electron chi connectivity index (χ2n) is 5.85. The lowest BCUT2D eigenvalue weighted by molar-refractivity contribution is -0.0498. The van der Waals surface area contributed by atoms with E-state index in [0.29, 0.717) is 23.3 Å². The van der Waals surface area contributed by atoms with Crippen molar-refractivity contribution < 1.29 is 22.8 Å². The molecule has 0 unspecified atom stereocenters. The Morgan fingerprint density at radius 2 is 2.18 bits per heavy atom. The number of amides is 1. The second-order valence-corrected chi connectivity index (χ2v) is 5.85. The topological polar surface area (TPSA) is 78.4 Å². The molecular weight excluding hydrogens is 294 g/mol. The number of primary amides is 1. The van der Waals surface area contributed by atoms with E-state index < -0.39 is 12.5 Å². The Morgan fingerprint density at radius 3 is 2.82 bits per heavy atom. The van der Waals surface area contributed by atoms with Crippen molar-refractivity contribution in [3.63, 3.8) is 0 Å². The minimum atomic E-state index is -2.91. The summed E-state index contributed by atoms with van der Waals surface area (Å²) in [6.07, 6.45) is 0.520. The molecule has 1 heterocycles. The highest BCUT2D eigenvalue weighted by Gasteiger charge is 2.37. The first kappa shape index (κ1) is 14.5. The van der Waals surface area contributed by atoms with Crippen LogP contribution in [-0.2, 0) is 11.8 Å². The zero-order chi connectivity index (χ0) is 16.1. The quantitative estimate of drug-likeness (QED) is 0.945. The number of aromatic nitrogens is 1. The van der Waals surface area contributed by atoms with Crippen LogP contribution in [-0.4, -0.2) is 17.7 Å². The molecule has 0 spiro atoms. The van der Waals surface area contributed by atoms with E-state index in [1.165, 1.54) is 12.1 Å². The van der Waals surface area contributed by atoms with Crippen LogP contribution < -0.4 is 10.5 Å². The Morgan fingerprint density at radius 1 is 1.45 bits per heavy atom. The average Bonchev–Trinajstić information content (AvgIpc) is 2.80. The maximum Gasteiger partial charge on any atom is 0.387 e. The highest BCUT2D eigenvalue weighted by atomic mass is 19.3. The largest absolute Gasteiger partial charge is 0.435 e. The summed E-state index contributed by atoms with van der Waals surface area (Å²) in [6.45, 7) is 1.06. The predicted molar refractivity (Wildman–Crippen MR) is 73.8 cm³/mol. The molecular formula is C15H14F2N2O3. The summed E-state index contributed by atoms with van der Waals surface area (Å²) in [5, 5.41) is 3.71. The van der Waals surface area contributed by atoms with Crippen LogP contribution in [0, 0.1) is 0 Å². The Kier molecular flexibility index (Phi) is 3.16. The molecule has 2 aromatic rings. The predicted octanol–water partition coefficient (Wildman–Crippen LogP) is 2.88. The second kappa shape index (κ2) is 4.79. The maximum absolute atomic E-state index is 12.4. The molecule has 3 rings (SSSR count). The zero-order valence-corrected chi connectivity index (χ0v) is 12.0. The molecule has 5 nitrogen and oxygen atoms in total. The standard InChI is InChI=1S/C15H14F2N2O3/c1-15(2)6-9-11(13(18)20)19-22-12(9)8-5-7(21-14(16)17)3-4-10(8)15/h3-5,14H,6H2,1-2H3,(H2,18,20). The van der Waals surface area contributed by atoms with Gasteiger partial charge >= 0.3 is 6.61 Å². The van der Waals surface area contributed by atoms with Crippen LogP contribution in [0.2, 0.25) is 0 Å². The van der Waals surface area contributed by atoms with Gasteiger partial charge in [0.1, 0.15) is 5.75 Å². The monoisotopic (exact) mass is 308 g/mol. The molecule has 1 amide bonds. The summed E-state index contributed by atoms with van der Waals surface area (Å²) >= 11 is 0. The van der Waals surface area contributed by atoms with Crippen molar-refractivity contribution in [1.82, 2.24) is 5.16 Å². The van der Waals surface area contributed by atoms with Gasteiger partial charge in [-0.2, -0.15) is 8.78 Å². The number of hydrogen-bond acceptors (Lipinski definition) is 4. The van der Waals surface area contributed by atoms with Crippen molar-refractivity contribution in [1.29, 1.82) is 0 Å². The number of nitrogens with two attached hydrogens (primary N) is 1. The van der Waals surface area contributed by atoms with Crippen molar-refractivity contribution in [2.45, 2.75) is 32.3 Å². The maximum atomic E-state index is 12.4. The van der Waals surface area contributed by atoms with E-state index in [9.17, 15) is 13.6 Å². The molecule has 22 heavy (non-hydrogen) atoms. The van der Waals surface area contributed by atoms with Gasteiger partial charge in [-0.05, 0) is 29.5 Å². The summed E-state index contributed by atoms with van der Waals surface area (Å²) in [4.78, 5) is 11.4. The van der Waals surface area contributed by atoms with Crippen LogP contribution in [0.4, 0.5) is 8.78 Å². The molecule has 0 aliphatic heterocycles. The number of halogens is 2. The number of nitrogens with zero attached hydrogens (tertiary/aromatic N) is 1. The van der Waals surface area contributed by atoms with E-state index in [1.54, 1.807) is 6.07 Å². The molecule has 0 saturated heterocycles. The van der Waals surface area contributed by atoms with Gasteiger partial charge in [-0.3, -0.25) is 4.79 Å². The SMILES string of the molecule is CC1(C)Cc2c(C(N)=O)noc2-c2cc(OC(F)F)ccc21. The van der Waals surface area contributed by atoms with E-state index in [1.807, 2.05) is 13.8 Å². The summed E-state index contributed by atoms with van der Waals surface area (Å²) in [7, 11) is 0. The number of fused-ring (bicyclic) bond motifs is 3. The number of carbonyl (C=O) groups excluding carboxylic acids is 1.